The third kappa shape index (κ3) is 7.87. The van der Waals surface area contributed by atoms with Crippen molar-refractivity contribution in [3.8, 4) is 23.0 Å². The first kappa shape index (κ1) is 35.9. The number of benzene rings is 2. The largest absolute Gasteiger partial charge is 0.493 e. The first-order valence-corrected chi connectivity index (χ1v) is 20.4. The number of hydrogen-bond acceptors (Lipinski definition) is 7. The van der Waals surface area contributed by atoms with Crippen molar-refractivity contribution in [2.75, 3.05) is 27.4 Å². The van der Waals surface area contributed by atoms with Crippen LogP contribution in [0.3, 0.4) is 0 Å². The van der Waals surface area contributed by atoms with Gasteiger partial charge >= 0.3 is 0 Å². The number of carbonyl (C=O) groups excluding carboxylic acids is 2. The lowest BCUT2D eigenvalue weighted by Crippen LogP contribution is -2.60. The second kappa shape index (κ2) is 14.7. The smallest absolute Gasteiger partial charge is 0.258 e. The third-order valence-corrected chi connectivity index (χ3v) is 13.5. The quantitative estimate of drug-likeness (QED) is 0.155. The summed E-state index contributed by atoms with van der Waals surface area (Å²) in [7, 11) is 3.22. The summed E-state index contributed by atoms with van der Waals surface area (Å²) in [6.45, 7) is -0.0514. The van der Waals surface area contributed by atoms with Gasteiger partial charge in [0.1, 0.15) is 0 Å². The number of H-pyrrole nitrogens is 1. The SMILES string of the molecule is COc1cc(/C=C/c2cc(/C=C/c3ccc(OCC(=O)NC45CC6CC(CC(C6)C4)C5)c(OC)c3)[nH]n2)ccc1OCC(=O)NC12CC3CC(CC(C3)C1)C2. The number of aromatic nitrogens is 2. The van der Waals surface area contributed by atoms with Gasteiger partial charge in [-0.05, 0) is 166 Å². The van der Waals surface area contributed by atoms with E-state index in [1.54, 1.807) is 14.2 Å². The van der Waals surface area contributed by atoms with Crippen LogP contribution in [0.15, 0.2) is 42.5 Å². The molecule has 8 fully saturated rings. The van der Waals surface area contributed by atoms with E-state index in [4.69, 9.17) is 18.9 Å². The van der Waals surface area contributed by atoms with Gasteiger partial charge in [0.2, 0.25) is 0 Å². The summed E-state index contributed by atoms with van der Waals surface area (Å²) >= 11 is 0. The zero-order valence-electron chi connectivity index (χ0n) is 32.1. The molecular formula is C45H54N4O6. The van der Waals surface area contributed by atoms with E-state index in [1.807, 2.05) is 66.8 Å². The highest BCUT2D eigenvalue weighted by molar-refractivity contribution is 5.79. The van der Waals surface area contributed by atoms with Gasteiger partial charge in [-0.25, -0.2) is 0 Å². The average Bonchev–Trinajstić information content (AvgIpc) is 3.61. The molecule has 8 saturated carbocycles. The molecular weight excluding hydrogens is 693 g/mol. The minimum Gasteiger partial charge on any atom is -0.493 e. The molecule has 0 spiro atoms. The van der Waals surface area contributed by atoms with E-state index in [2.05, 4.69) is 20.8 Å². The van der Waals surface area contributed by atoms with Gasteiger partial charge in [0.05, 0.1) is 25.6 Å². The van der Waals surface area contributed by atoms with Gasteiger partial charge in [-0.15, -0.1) is 0 Å². The van der Waals surface area contributed by atoms with Crippen molar-refractivity contribution in [1.29, 1.82) is 0 Å². The molecule has 0 saturated heterocycles. The fourth-order valence-corrected chi connectivity index (χ4v) is 12.2. The fraction of sp³-hybridized carbons (Fsp3) is 0.533. The zero-order chi connectivity index (χ0) is 37.6. The second-order valence-corrected chi connectivity index (χ2v) is 17.8. The molecule has 10 heteroatoms. The Bertz CT molecular complexity index is 1770. The van der Waals surface area contributed by atoms with Gasteiger partial charge in [-0.3, -0.25) is 14.7 Å². The molecule has 2 amide bonds. The predicted molar refractivity (Wildman–Crippen MR) is 212 cm³/mol. The van der Waals surface area contributed by atoms with E-state index in [9.17, 15) is 9.59 Å². The number of rotatable bonds is 14. The number of methoxy groups -OCH3 is 2. The van der Waals surface area contributed by atoms with E-state index in [0.29, 0.717) is 23.0 Å². The van der Waals surface area contributed by atoms with Crippen LogP contribution < -0.4 is 29.6 Å². The van der Waals surface area contributed by atoms with Gasteiger partial charge < -0.3 is 29.6 Å². The van der Waals surface area contributed by atoms with E-state index in [1.165, 1.54) is 38.5 Å². The third-order valence-electron chi connectivity index (χ3n) is 13.5. The molecule has 8 aliphatic rings. The van der Waals surface area contributed by atoms with Crippen LogP contribution >= 0.6 is 0 Å². The Hall–Kier alpha value is -4.73. The Balaban J connectivity index is 0.760. The minimum absolute atomic E-state index is 0.0252. The number of nitrogens with one attached hydrogen (secondary N) is 3. The molecule has 8 bridgehead atoms. The molecule has 3 aromatic rings. The highest BCUT2D eigenvalue weighted by Crippen LogP contribution is 2.56. The van der Waals surface area contributed by atoms with E-state index < -0.39 is 0 Å². The molecule has 10 nitrogen and oxygen atoms in total. The standard InChI is InChI=1S/C45H54N4O6/c1-52-40-17-28(5-9-38(40)54-26-42(50)46-44-20-30-11-31(21-44)13-32(12-30)22-44)3-7-36-19-37(49-48-36)8-4-29-6-10-39(41(18-29)53-2)55-27-43(51)47-45-23-33-14-34(24-45)16-35(15-33)25-45/h3-10,17-19,30-35H,11-16,20-27H2,1-2H3,(H,46,50)(H,47,51)(H,48,49)/b7-3+,8-4+. The highest BCUT2D eigenvalue weighted by Gasteiger charge is 2.52. The lowest BCUT2D eigenvalue weighted by Gasteiger charge is -2.56. The summed E-state index contributed by atoms with van der Waals surface area (Å²) in [6.07, 6.45) is 22.6. The van der Waals surface area contributed by atoms with Crippen molar-refractivity contribution in [2.24, 2.45) is 35.5 Å². The van der Waals surface area contributed by atoms with Gasteiger partial charge in [0, 0.05) is 11.1 Å². The van der Waals surface area contributed by atoms with Gasteiger partial charge in [-0.1, -0.05) is 24.3 Å². The highest BCUT2D eigenvalue weighted by atomic mass is 16.5. The lowest BCUT2D eigenvalue weighted by atomic mass is 9.53. The molecule has 11 rings (SSSR count). The Morgan fingerprint density at radius 2 is 1.04 bits per heavy atom. The van der Waals surface area contributed by atoms with Crippen molar-refractivity contribution in [3.05, 3.63) is 65.0 Å². The van der Waals surface area contributed by atoms with Crippen LogP contribution in [0.25, 0.3) is 24.3 Å². The molecule has 2 aromatic carbocycles. The molecule has 0 aliphatic heterocycles. The van der Waals surface area contributed by atoms with Crippen LogP contribution in [0.1, 0.15) is 99.6 Å². The van der Waals surface area contributed by atoms with Crippen molar-refractivity contribution < 1.29 is 28.5 Å². The van der Waals surface area contributed by atoms with Gasteiger partial charge in [0.15, 0.2) is 36.2 Å². The van der Waals surface area contributed by atoms with Gasteiger partial charge in [-0.2, -0.15) is 5.10 Å². The lowest BCUT2D eigenvalue weighted by molar-refractivity contribution is -0.129. The molecule has 3 N–H and O–H groups in total. The molecule has 1 heterocycles. The number of aromatic amines is 1. The number of amides is 2. The fourth-order valence-electron chi connectivity index (χ4n) is 12.2. The monoisotopic (exact) mass is 746 g/mol. The molecule has 8 aliphatic carbocycles. The van der Waals surface area contributed by atoms with Gasteiger partial charge in [0.25, 0.3) is 11.8 Å². The van der Waals surface area contributed by atoms with Crippen LogP contribution in [0.4, 0.5) is 0 Å². The van der Waals surface area contributed by atoms with Crippen molar-refractivity contribution in [1.82, 2.24) is 20.8 Å². The number of hydrogen-bond donors (Lipinski definition) is 3. The molecule has 0 atom stereocenters. The summed E-state index contributed by atoms with van der Waals surface area (Å²) in [5, 5.41) is 14.3. The summed E-state index contributed by atoms with van der Waals surface area (Å²) < 4.78 is 23.2. The first-order valence-electron chi connectivity index (χ1n) is 20.4. The Morgan fingerprint density at radius 1 is 0.618 bits per heavy atom. The van der Waals surface area contributed by atoms with Crippen LogP contribution in [-0.4, -0.2) is 60.5 Å². The summed E-state index contributed by atoms with van der Waals surface area (Å²) in [6, 6.07) is 13.3. The first-order chi connectivity index (χ1) is 26.7. The van der Waals surface area contributed by atoms with Crippen LogP contribution in [-0.2, 0) is 9.59 Å². The maximum absolute atomic E-state index is 13.0. The van der Waals surface area contributed by atoms with Crippen molar-refractivity contribution >= 4 is 36.1 Å². The van der Waals surface area contributed by atoms with Crippen LogP contribution in [0, 0.1) is 35.5 Å². The number of ether oxygens (including phenoxy) is 4. The minimum atomic E-state index is -0.0515. The normalized spacial score (nSPS) is 31.2. The Labute approximate surface area is 323 Å². The summed E-state index contributed by atoms with van der Waals surface area (Å²) in [5.74, 6) is 6.77. The average molecular weight is 747 g/mol. The van der Waals surface area contributed by atoms with Crippen LogP contribution in [0.5, 0.6) is 23.0 Å². The van der Waals surface area contributed by atoms with Crippen LogP contribution in [0.2, 0.25) is 0 Å². The summed E-state index contributed by atoms with van der Waals surface area (Å²) in [5.41, 5.74) is 3.40. The zero-order valence-corrected chi connectivity index (χ0v) is 32.1. The van der Waals surface area contributed by atoms with E-state index in [0.717, 1.165) is 96.5 Å². The van der Waals surface area contributed by atoms with E-state index in [-0.39, 0.29) is 36.1 Å². The Kier molecular flexibility index (Phi) is 9.63. The van der Waals surface area contributed by atoms with E-state index >= 15 is 0 Å². The molecule has 290 valence electrons. The molecule has 0 radical (unpaired) electrons. The molecule has 1 aromatic heterocycles. The second-order valence-electron chi connectivity index (χ2n) is 17.8. The number of carbonyl (C=O) groups is 2. The molecule has 0 unspecified atom stereocenters. The van der Waals surface area contributed by atoms with Crippen molar-refractivity contribution in [3.63, 3.8) is 0 Å². The topological polar surface area (TPSA) is 124 Å². The maximum Gasteiger partial charge on any atom is 0.258 e. The number of nitrogens with zero attached hydrogens (tertiary/aromatic N) is 1. The summed E-state index contributed by atoms with van der Waals surface area (Å²) in [4.78, 5) is 26.0. The maximum atomic E-state index is 13.0. The van der Waals surface area contributed by atoms with Crippen molar-refractivity contribution in [2.45, 2.75) is 88.1 Å². The molecule has 55 heavy (non-hydrogen) atoms. The predicted octanol–water partition coefficient (Wildman–Crippen LogP) is 7.70. The Morgan fingerprint density at radius 3 is 1.45 bits per heavy atom.